The van der Waals surface area contributed by atoms with Crippen LogP contribution in [0.15, 0.2) is 36.4 Å². The fourth-order valence-corrected chi connectivity index (χ4v) is 3.12. The normalized spacial score (nSPS) is 19.3. The Kier molecular flexibility index (Phi) is 3.71. The minimum absolute atomic E-state index is 0.733. The predicted octanol–water partition coefficient (Wildman–Crippen LogP) is 3.74. The van der Waals surface area contributed by atoms with Gasteiger partial charge in [-0.3, -0.25) is 0 Å². The largest absolute Gasteiger partial charge is 0.300 e. The third-order valence-electron chi connectivity index (χ3n) is 4.41. The number of rotatable bonds is 3. The molecule has 1 saturated heterocycles. The molecule has 2 nitrogen and oxygen atoms in total. The van der Waals surface area contributed by atoms with E-state index < -0.39 is 0 Å². The fourth-order valence-electron chi connectivity index (χ4n) is 3.12. The molecule has 0 amide bonds. The smallest absolute Gasteiger partial charge is 0.0991 e. The molecule has 0 spiro atoms. The van der Waals surface area contributed by atoms with Crippen LogP contribution >= 0.6 is 0 Å². The Morgan fingerprint density at radius 2 is 2.00 bits per heavy atom. The highest BCUT2D eigenvalue weighted by Crippen LogP contribution is 2.20. The molecular weight excluding hydrogens is 244 g/mol. The van der Waals surface area contributed by atoms with Crippen LogP contribution in [0.4, 0.5) is 0 Å². The summed E-state index contributed by atoms with van der Waals surface area (Å²) in [6.45, 7) is 4.74. The molecule has 0 bridgehead atoms. The highest BCUT2D eigenvalue weighted by molar-refractivity contribution is 5.84. The SMILES string of the molecule is C[C@@H]1CCCN1CCc1ccc2cc(C#N)ccc2c1. The number of benzene rings is 2. The second kappa shape index (κ2) is 5.64. The molecule has 0 radical (unpaired) electrons. The molecule has 2 heteroatoms. The van der Waals surface area contributed by atoms with Crippen LogP contribution in [0.25, 0.3) is 10.8 Å². The molecule has 1 aliphatic rings. The molecule has 2 aromatic rings. The lowest BCUT2D eigenvalue weighted by molar-refractivity contribution is 0.272. The third-order valence-corrected chi connectivity index (χ3v) is 4.41. The second-order valence-corrected chi connectivity index (χ2v) is 5.79. The van der Waals surface area contributed by atoms with Gasteiger partial charge in [0.15, 0.2) is 0 Å². The Morgan fingerprint density at radius 1 is 1.20 bits per heavy atom. The van der Waals surface area contributed by atoms with Crippen LogP contribution in [-0.2, 0) is 6.42 Å². The Hall–Kier alpha value is -1.85. The summed E-state index contributed by atoms with van der Waals surface area (Å²) in [5.41, 5.74) is 2.12. The molecule has 2 aromatic carbocycles. The molecule has 102 valence electrons. The summed E-state index contributed by atoms with van der Waals surface area (Å²) < 4.78 is 0. The van der Waals surface area contributed by atoms with Crippen molar-refractivity contribution < 1.29 is 0 Å². The van der Waals surface area contributed by atoms with Gasteiger partial charge in [-0.1, -0.05) is 24.3 Å². The van der Waals surface area contributed by atoms with Gasteiger partial charge in [0.1, 0.15) is 0 Å². The first-order valence-corrected chi connectivity index (χ1v) is 7.43. The lowest BCUT2D eigenvalue weighted by atomic mass is 10.0. The fraction of sp³-hybridized carbons (Fsp3) is 0.389. The Balaban J connectivity index is 1.74. The zero-order chi connectivity index (χ0) is 13.9. The minimum atomic E-state index is 0.733. The Morgan fingerprint density at radius 3 is 2.75 bits per heavy atom. The third kappa shape index (κ3) is 2.69. The Bertz CT molecular complexity index is 654. The van der Waals surface area contributed by atoms with Gasteiger partial charge in [0, 0.05) is 12.6 Å². The van der Waals surface area contributed by atoms with Crippen LogP contribution in [0.3, 0.4) is 0 Å². The summed E-state index contributed by atoms with van der Waals surface area (Å²) in [5.74, 6) is 0. The van der Waals surface area contributed by atoms with Crippen molar-refractivity contribution in [2.24, 2.45) is 0 Å². The monoisotopic (exact) mass is 264 g/mol. The summed E-state index contributed by atoms with van der Waals surface area (Å²) in [7, 11) is 0. The average molecular weight is 264 g/mol. The van der Waals surface area contributed by atoms with Gasteiger partial charge < -0.3 is 4.90 Å². The summed E-state index contributed by atoms with van der Waals surface area (Å²) in [6.07, 6.45) is 3.80. The molecule has 0 N–H and O–H groups in total. The van der Waals surface area contributed by atoms with E-state index in [1.54, 1.807) is 0 Å². The lowest BCUT2D eigenvalue weighted by Gasteiger charge is -2.20. The van der Waals surface area contributed by atoms with Gasteiger partial charge in [-0.25, -0.2) is 0 Å². The zero-order valence-electron chi connectivity index (χ0n) is 12.0. The van der Waals surface area contributed by atoms with E-state index in [2.05, 4.69) is 42.2 Å². The summed E-state index contributed by atoms with van der Waals surface area (Å²) in [6, 6.07) is 15.4. The maximum Gasteiger partial charge on any atom is 0.0991 e. The number of hydrogen-bond acceptors (Lipinski definition) is 2. The predicted molar refractivity (Wildman–Crippen MR) is 82.6 cm³/mol. The molecular formula is C18H20N2. The average Bonchev–Trinajstić information content (AvgIpc) is 2.89. The van der Waals surface area contributed by atoms with Crippen molar-refractivity contribution in [1.82, 2.24) is 4.90 Å². The number of fused-ring (bicyclic) bond motifs is 1. The molecule has 0 aromatic heterocycles. The van der Waals surface area contributed by atoms with Crippen molar-refractivity contribution in [1.29, 1.82) is 5.26 Å². The minimum Gasteiger partial charge on any atom is -0.300 e. The Labute approximate surface area is 120 Å². The van der Waals surface area contributed by atoms with Gasteiger partial charge in [0.25, 0.3) is 0 Å². The van der Waals surface area contributed by atoms with Crippen LogP contribution in [0.2, 0.25) is 0 Å². The van der Waals surface area contributed by atoms with Crippen molar-refractivity contribution >= 4 is 10.8 Å². The first-order chi connectivity index (χ1) is 9.76. The zero-order valence-corrected chi connectivity index (χ0v) is 12.0. The quantitative estimate of drug-likeness (QED) is 0.844. The van der Waals surface area contributed by atoms with Crippen molar-refractivity contribution in [3.05, 3.63) is 47.5 Å². The lowest BCUT2D eigenvalue weighted by Crippen LogP contribution is -2.28. The van der Waals surface area contributed by atoms with Gasteiger partial charge in [0.2, 0.25) is 0 Å². The van der Waals surface area contributed by atoms with Crippen LogP contribution in [0.5, 0.6) is 0 Å². The molecule has 1 fully saturated rings. The van der Waals surface area contributed by atoms with E-state index in [-0.39, 0.29) is 0 Å². The summed E-state index contributed by atoms with van der Waals surface area (Å²) in [4.78, 5) is 2.59. The molecule has 1 heterocycles. The molecule has 0 saturated carbocycles. The van der Waals surface area contributed by atoms with Crippen LogP contribution in [0, 0.1) is 11.3 Å². The number of nitriles is 1. The van der Waals surface area contributed by atoms with E-state index in [1.165, 1.54) is 30.3 Å². The van der Waals surface area contributed by atoms with Crippen LogP contribution in [0.1, 0.15) is 30.9 Å². The maximum absolute atomic E-state index is 8.93. The summed E-state index contributed by atoms with van der Waals surface area (Å²) >= 11 is 0. The van der Waals surface area contributed by atoms with Gasteiger partial charge in [0.05, 0.1) is 11.6 Å². The molecule has 3 rings (SSSR count). The molecule has 0 aliphatic carbocycles. The van der Waals surface area contributed by atoms with Gasteiger partial charge in [-0.15, -0.1) is 0 Å². The highest BCUT2D eigenvalue weighted by atomic mass is 15.2. The van der Waals surface area contributed by atoms with Crippen molar-refractivity contribution in [3.8, 4) is 6.07 Å². The summed E-state index contributed by atoms with van der Waals surface area (Å²) in [5, 5.41) is 11.3. The topological polar surface area (TPSA) is 27.0 Å². The maximum atomic E-state index is 8.93. The van der Waals surface area contributed by atoms with E-state index in [0.29, 0.717) is 0 Å². The van der Waals surface area contributed by atoms with Crippen molar-refractivity contribution in [3.63, 3.8) is 0 Å². The molecule has 0 unspecified atom stereocenters. The van der Waals surface area contributed by atoms with E-state index in [9.17, 15) is 0 Å². The van der Waals surface area contributed by atoms with Crippen molar-refractivity contribution in [2.75, 3.05) is 13.1 Å². The van der Waals surface area contributed by atoms with E-state index in [4.69, 9.17) is 5.26 Å². The molecule has 1 aliphatic heterocycles. The van der Waals surface area contributed by atoms with Gasteiger partial charge >= 0.3 is 0 Å². The van der Waals surface area contributed by atoms with Gasteiger partial charge in [-0.05, 0) is 61.2 Å². The standard InChI is InChI=1S/C18H20N2/c1-14-3-2-9-20(14)10-8-15-4-6-18-12-16(13-19)5-7-17(18)11-15/h4-7,11-12,14H,2-3,8-10H2,1H3/t14-/m1/s1. The van der Waals surface area contributed by atoms with Crippen LogP contribution in [-0.4, -0.2) is 24.0 Å². The molecule has 20 heavy (non-hydrogen) atoms. The number of nitrogens with zero attached hydrogens (tertiary/aromatic N) is 2. The van der Waals surface area contributed by atoms with Gasteiger partial charge in [-0.2, -0.15) is 5.26 Å². The van der Waals surface area contributed by atoms with E-state index in [0.717, 1.165) is 30.0 Å². The van der Waals surface area contributed by atoms with E-state index in [1.807, 2.05) is 12.1 Å². The second-order valence-electron chi connectivity index (χ2n) is 5.79. The first-order valence-electron chi connectivity index (χ1n) is 7.43. The highest BCUT2D eigenvalue weighted by Gasteiger charge is 2.19. The number of hydrogen-bond donors (Lipinski definition) is 0. The number of likely N-dealkylation sites (tertiary alicyclic amines) is 1. The van der Waals surface area contributed by atoms with E-state index >= 15 is 0 Å². The van der Waals surface area contributed by atoms with Crippen LogP contribution < -0.4 is 0 Å². The van der Waals surface area contributed by atoms with Crippen molar-refractivity contribution in [2.45, 2.75) is 32.2 Å². The first kappa shape index (κ1) is 13.1. The molecule has 1 atom stereocenters.